The normalized spacial score (nSPS) is 16.9. The van der Waals surface area contributed by atoms with Crippen LogP contribution in [-0.2, 0) is 9.59 Å². The number of methoxy groups -OCH3 is 1. The quantitative estimate of drug-likeness (QED) is 0.261. The zero-order chi connectivity index (χ0) is 26.0. The van der Waals surface area contributed by atoms with Gasteiger partial charge in [-0.25, -0.2) is 0 Å². The molecule has 1 fully saturated rings. The van der Waals surface area contributed by atoms with Crippen LogP contribution in [0.3, 0.4) is 0 Å². The smallest absolute Gasteiger partial charge is 0.300 e. The molecule has 0 bridgehead atoms. The average molecular weight is 485 g/mol. The molecule has 0 spiro atoms. The van der Waals surface area contributed by atoms with Crippen molar-refractivity contribution in [2.45, 2.75) is 33.7 Å². The van der Waals surface area contributed by atoms with Crippen LogP contribution in [0, 0.1) is 13.8 Å². The molecule has 1 aliphatic heterocycles. The number of carbonyl (C=O) groups is 2. The molecule has 0 aliphatic carbocycles. The number of benzene rings is 3. The van der Waals surface area contributed by atoms with Gasteiger partial charge in [0, 0.05) is 24.5 Å². The first kappa shape index (κ1) is 25.0. The summed E-state index contributed by atoms with van der Waals surface area (Å²) < 4.78 is 5.47. The fraction of sp³-hybridized carbons (Fsp3) is 0.267. The molecule has 3 aromatic carbocycles. The first-order chi connectivity index (χ1) is 17.3. The Hall–Kier alpha value is -4.06. The van der Waals surface area contributed by atoms with Crippen molar-refractivity contribution >= 4 is 28.8 Å². The van der Waals surface area contributed by atoms with Crippen LogP contribution < -0.4 is 14.5 Å². The highest BCUT2D eigenvalue weighted by molar-refractivity contribution is 6.51. The number of aliphatic hydroxyl groups excluding tert-OH is 1. The summed E-state index contributed by atoms with van der Waals surface area (Å²) in [6, 6.07) is 19.9. The number of aliphatic hydroxyl groups is 1. The van der Waals surface area contributed by atoms with Crippen LogP contribution in [0.4, 0.5) is 11.4 Å². The highest BCUT2D eigenvalue weighted by Gasteiger charge is 2.47. The number of carbonyl (C=O) groups excluding carboxylic acids is 2. The van der Waals surface area contributed by atoms with E-state index in [1.807, 2.05) is 68.4 Å². The summed E-state index contributed by atoms with van der Waals surface area (Å²) in [5.74, 6) is -1.22. The molecule has 1 atom stereocenters. The monoisotopic (exact) mass is 484 g/mol. The van der Waals surface area contributed by atoms with Gasteiger partial charge in [-0.2, -0.15) is 0 Å². The SMILES string of the molecule is CCN(CC)c1ccc(C2/C(=C(\O)c3cc(C)ccc3OC)C(=O)C(=O)N2c2cccc(C)c2)cc1. The maximum absolute atomic E-state index is 13.5. The van der Waals surface area contributed by atoms with Gasteiger partial charge in [-0.3, -0.25) is 14.5 Å². The van der Waals surface area contributed by atoms with Crippen molar-refractivity contribution in [3.63, 3.8) is 0 Å². The number of nitrogens with zero attached hydrogens (tertiary/aromatic N) is 2. The molecular weight excluding hydrogens is 452 g/mol. The molecule has 1 unspecified atom stereocenters. The van der Waals surface area contributed by atoms with Crippen molar-refractivity contribution in [1.29, 1.82) is 0 Å². The first-order valence-electron chi connectivity index (χ1n) is 12.2. The molecule has 6 nitrogen and oxygen atoms in total. The molecule has 36 heavy (non-hydrogen) atoms. The van der Waals surface area contributed by atoms with Gasteiger partial charge in [0.25, 0.3) is 11.7 Å². The fourth-order valence-corrected chi connectivity index (χ4v) is 4.80. The number of hydrogen-bond acceptors (Lipinski definition) is 5. The van der Waals surface area contributed by atoms with E-state index in [0.29, 0.717) is 17.0 Å². The highest BCUT2D eigenvalue weighted by Crippen LogP contribution is 2.43. The largest absolute Gasteiger partial charge is 0.507 e. The van der Waals surface area contributed by atoms with Crippen LogP contribution in [-0.4, -0.2) is 37.0 Å². The van der Waals surface area contributed by atoms with Crippen LogP contribution in [0.25, 0.3) is 5.76 Å². The maximum Gasteiger partial charge on any atom is 0.300 e. The van der Waals surface area contributed by atoms with Crippen molar-refractivity contribution in [3.05, 3.63) is 94.6 Å². The fourth-order valence-electron chi connectivity index (χ4n) is 4.80. The van der Waals surface area contributed by atoms with Gasteiger partial charge in [0.15, 0.2) is 0 Å². The van der Waals surface area contributed by atoms with E-state index in [2.05, 4.69) is 18.7 Å². The van der Waals surface area contributed by atoms with E-state index < -0.39 is 17.7 Å². The second-order valence-corrected chi connectivity index (χ2v) is 8.98. The molecule has 1 aliphatic rings. The van der Waals surface area contributed by atoms with E-state index in [-0.39, 0.29) is 11.3 Å². The van der Waals surface area contributed by atoms with Gasteiger partial charge >= 0.3 is 0 Å². The molecule has 1 N–H and O–H groups in total. The number of ether oxygens (including phenoxy) is 1. The molecule has 0 saturated carbocycles. The topological polar surface area (TPSA) is 70.1 Å². The molecule has 0 aromatic heterocycles. The minimum atomic E-state index is -0.789. The van der Waals surface area contributed by atoms with Crippen molar-refractivity contribution in [3.8, 4) is 5.75 Å². The first-order valence-corrected chi connectivity index (χ1v) is 12.2. The van der Waals surface area contributed by atoms with E-state index in [9.17, 15) is 14.7 Å². The number of rotatable bonds is 7. The zero-order valence-corrected chi connectivity index (χ0v) is 21.4. The molecule has 6 heteroatoms. The Morgan fingerprint density at radius 1 is 0.944 bits per heavy atom. The maximum atomic E-state index is 13.5. The lowest BCUT2D eigenvalue weighted by Gasteiger charge is -2.27. The third-order valence-corrected chi connectivity index (χ3v) is 6.67. The lowest BCUT2D eigenvalue weighted by Crippen LogP contribution is -2.29. The van der Waals surface area contributed by atoms with E-state index in [0.717, 1.165) is 35.5 Å². The summed E-state index contributed by atoms with van der Waals surface area (Å²) >= 11 is 0. The Labute approximate surface area is 212 Å². The summed E-state index contributed by atoms with van der Waals surface area (Å²) in [7, 11) is 1.51. The Bertz CT molecular complexity index is 1320. The molecule has 1 saturated heterocycles. The number of aryl methyl sites for hydroxylation is 2. The summed E-state index contributed by atoms with van der Waals surface area (Å²) in [6.07, 6.45) is 0. The van der Waals surface area contributed by atoms with Crippen molar-refractivity contribution in [2.24, 2.45) is 0 Å². The van der Waals surface area contributed by atoms with Crippen molar-refractivity contribution in [1.82, 2.24) is 0 Å². The molecular formula is C30H32N2O4. The second-order valence-electron chi connectivity index (χ2n) is 8.98. The Kier molecular flexibility index (Phi) is 7.15. The van der Waals surface area contributed by atoms with Crippen LogP contribution in [0.15, 0.2) is 72.3 Å². The van der Waals surface area contributed by atoms with Crippen molar-refractivity contribution < 1.29 is 19.4 Å². The van der Waals surface area contributed by atoms with Gasteiger partial charge in [0.05, 0.1) is 24.3 Å². The molecule has 186 valence electrons. The molecule has 4 rings (SSSR count). The summed E-state index contributed by atoms with van der Waals surface area (Å²) in [6.45, 7) is 9.75. The minimum Gasteiger partial charge on any atom is -0.507 e. The Morgan fingerprint density at radius 3 is 2.22 bits per heavy atom. The Morgan fingerprint density at radius 2 is 1.61 bits per heavy atom. The third kappa shape index (κ3) is 4.47. The number of anilines is 2. The standard InChI is InChI=1S/C30H32N2O4/c1-6-31(7-2)22-14-12-21(13-15-22)27-26(28(33)24-18-20(4)11-16-25(24)36-5)29(34)30(35)32(27)23-10-8-9-19(3)17-23/h8-18,27,33H,6-7H2,1-5H3/b28-26+. The van der Waals surface area contributed by atoms with Gasteiger partial charge in [-0.1, -0.05) is 35.9 Å². The van der Waals surface area contributed by atoms with Gasteiger partial charge in [-0.05, 0) is 75.2 Å². The molecule has 1 amide bonds. The number of Topliss-reactive ketones (excluding diaryl/α,β-unsaturated/α-hetero) is 1. The highest BCUT2D eigenvalue weighted by atomic mass is 16.5. The summed E-state index contributed by atoms with van der Waals surface area (Å²) in [5.41, 5.74) is 4.67. The van der Waals surface area contributed by atoms with Crippen LogP contribution in [0.5, 0.6) is 5.75 Å². The zero-order valence-electron chi connectivity index (χ0n) is 21.4. The minimum absolute atomic E-state index is 0.0426. The van der Waals surface area contributed by atoms with Gasteiger partial charge in [0.2, 0.25) is 0 Å². The average Bonchev–Trinajstić information content (AvgIpc) is 3.15. The van der Waals surface area contributed by atoms with E-state index in [1.165, 1.54) is 12.0 Å². The van der Waals surface area contributed by atoms with Gasteiger partial charge in [0.1, 0.15) is 11.5 Å². The van der Waals surface area contributed by atoms with E-state index >= 15 is 0 Å². The second kappa shape index (κ2) is 10.3. The lowest BCUT2D eigenvalue weighted by molar-refractivity contribution is -0.132. The van der Waals surface area contributed by atoms with Crippen molar-refractivity contribution in [2.75, 3.05) is 30.0 Å². The summed E-state index contributed by atoms with van der Waals surface area (Å²) in [4.78, 5) is 30.6. The number of amides is 1. The molecule has 0 radical (unpaired) electrons. The number of ketones is 1. The van der Waals surface area contributed by atoms with E-state index in [4.69, 9.17) is 4.74 Å². The predicted molar refractivity (Wildman–Crippen MR) is 144 cm³/mol. The van der Waals surface area contributed by atoms with Gasteiger partial charge < -0.3 is 14.7 Å². The number of hydrogen-bond donors (Lipinski definition) is 1. The summed E-state index contributed by atoms with van der Waals surface area (Å²) in [5, 5.41) is 11.5. The van der Waals surface area contributed by atoms with Crippen LogP contribution in [0.2, 0.25) is 0 Å². The van der Waals surface area contributed by atoms with Gasteiger partial charge in [-0.15, -0.1) is 0 Å². The van der Waals surface area contributed by atoms with Crippen LogP contribution in [0.1, 0.15) is 42.1 Å². The Balaban J connectivity index is 1.95. The predicted octanol–water partition coefficient (Wildman–Crippen LogP) is 5.78. The molecule has 1 heterocycles. The van der Waals surface area contributed by atoms with Crippen LogP contribution >= 0.6 is 0 Å². The lowest BCUT2D eigenvalue weighted by atomic mass is 9.94. The molecule has 3 aromatic rings. The third-order valence-electron chi connectivity index (χ3n) is 6.67. The van der Waals surface area contributed by atoms with E-state index in [1.54, 1.807) is 12.1 Å².